The molecule has 164 valence electrons. The number of imidazole rings is 1. The second kappa shape index (κ2) is 8.24. The number of benzene rings is 1. The van der Waals surface area contributed by atoms with Gasteiger partial charge in [0.15, 0.2) is 5.65 Å². The fraction of sp³-hybridized carbons (Fsp3) is 0.500. The Labute approximate surface area is 185 Å². The van der Waals surface area contributed by atoms with Crippen molar-refractivity contribution < 1.29 is 4.39 Å². The molecule has 2 fully saturated rings. The van der Waals surface area contributed by atoms with Crippen molar-refractivity contribution in [2.75, 3.05) is 23.7 Å². The molecule has 1 aliphatic heterocycles. The van der Waals surface area contributed by atoms with E-state index in [2.05, 4.69) is 32.4 Å². The molecule has 0 amide bonds. The van der Waals surface area contributed by atoms with Gasteiger partial charge in [0.2, 0.25) is 11.9 Å². The highest BCUT2D eigenvalue weighted by Crippen LogP contribution is 2.35. The third-order valence-electron chi connectivity index (χ3n) is 6.35. The van der Waals surface area contributed by atoms with Crippen molar-refractivity contribution in [1.29, 1.82) is 0 Å². The molecule has 5 rings (SSSR count). The number of fused-ring (bicyclic) bond motifs is 1. The Morgan fingerprint density at radius 3 is 2.74 bits per heavy atom. The van der Waals surface area contributed by atoms with Crippen LogP contribution < -0.4 is 16.0 Å². The first-order valence-corrected chi connectivity index (χ1v) is 11.3. The smallest absolute Gasteiger partial charge is 0.225 e. The fourth-order valence-corrected chi connectivity index (χ4v) is 4.74. The average Bonchev–Trinajstić information content (AvgIpc) is 3.09. The Kier molecular flexibility index (Phi) is 5.44. The average molecular weight is 444 g/mol. The maximum absolute atomic E-state index is 13.2. The molecule has 3 N–H and O–H groups in total. The molecule has 0 spiro atoms. The molecule has 0 bridgehead atoms. The summed E-state index contributed by atoms with van der Waals surface area (Å²) in [6.07, 6.45) is 7.22. The number of halogens is 2. The van der Waals surface area contributed by atoms with Crippen LogP contribution in [0.3, 0.4) is 0 Å². The van der Waals surface area contributed by atoms with Gasteiger partial charge in [0.05, 0.1) is 6.20 Å². The van der Waals surface area contributed by atoms with Gasteiger partial charge in [0.25, 0.3) is 0 Å². The molecule has 1 saturated carbocycles. The van der Waals surface area contributed by atoms with Gasteiger partial charge < -0.3 is 16.0 Å². The van der Waals surface area contributed by atoms with Gasteiger partial charge in [-0.3, -0.25) is 4.57 Å². The lowest BCUT2D eigenvalue weighted by atomic mass is 9.79. The minimum absolute atomic E-state index is 0.0674. The molecule has 1 aromatic carbocycles. The predicted molar refractivity (Wildman–Crippen MR) is 122 cm³/mol. The van der Waals surface area contributed by atoms with Gasteiger partial charge >= 0.3 is 0 Å². The standard InChI is InChI=1S/C22H27ClFN7/c1-22(5-2-6-22)30-20-26-13-18-19(29-20)31(17-3-7-25-8-4-17)21(28-18)27-16-10-14(12-24)9-15(23)11-16/h9-11,13,17,25H,2-8,12H2,1H3,(H,27,28)(H,26,29,30). The Hall–Kier alpha value is -2.45. The summed E-state index contributed by atoms with van der Waals surface area (Å²) < 4.78 is 15.4. The zero-order chi connectivity index (χ0) is 21.4. The van der Waals surface area contributed by atoms with Crippen molar-refractivity contribution in [2.45, 2.75) is 57.3 Å². The van der Waals surface area contributed by atoms with Crippen molar-refractivity contribution >= 4 is 40.3 Å². The first-order valence-electron chi connectivity index (χ1n) is 10.9. The number of nitrogens with one attached hydrogen (secondary N) is 3. The maximum atomic E-state index is 13.2. The molecule has 2 aliphatic rings. The first-order chi connectivity index (χ1) is 15.0. The highest BCUT2D eigenvalue weighted by Gasteiger charge is 2.32. The molecule has 2 aromatic heterocycles. The molecule has 0 unspecified atom stereocenters. The monoisotopic (exact) mass is 443 g/mol. The molecule has 0 radical (unpaired) electrons. The van der Waals surface area contributed by atoms with Crippen LogP contribution in [0, 0.1) is 0 Å². The van der Waals surface area contributed by atoms with E-state index in [-0.39, 0.29) is 11.6 Å². The topological polar surface area (TPSA) is 79.7 Å². The minimum Gasteiger partial charge on any atom is -0.349 e. The van der Waals surface area contributed by atoms with E-state index in [9.17, 15) is 4.39 Å². The normalized spacial score (nSPS) is 18.7. The molecule has 3 heterocycles. The molecule has 0 atom stereocenters. The van der Waals surface area contributed by atoms with Gasteiger partial charge in [-0.2, -0.15) is 4.98 Å². The second-order valence-corrected chi connectivity index (χ2v) is 9.27. The number of piperidine rings is 1. The molecule has 7 nitrogen and oxygen atoms in total. The summed E-state index contributed by atoms with van der Waals surface area (Å²) >= 11 is 6.19. The number of rotatable bonds is 6. The van der Waals surface area contributed by atoms with Crippen molar-refractivity contribution in [3.8, 4) is 0 Å². The van der Waals surface area contributed by atoms with E-state index in [4.69, 9.17) is 21.6 Å². The van der Waals surface area contributed by atoms with Gasteiger partial charge in [-0.1, -0.05) is 11.6 Å². The van der Waals surface area contributed by atoms with E-state index in [1.165, 1.54) is 6.42 Å². The van der Waals surface area contributed by atoms with Crippen LogP contribution in [0.25, 0.3) is 11.2 Å². The van der Waals surface area contributed by atoms with Crippen LogP contribution in [0.2, 0.25) is 5.02 Å². The lowest BCUT2D eigenvalue weighted by Gasteiger charge is -2.39. The summed E-state index contributed by atoms with van der Waals surface area (Å²) in [5.41, 5.74) is 2.84. The zero-order valence-electron chi connectivity index (χ0n) is 17.6. The molecule has 9 heteroatoms. The Balaban J connectivity index is 1.55. The Morgan fingerprint density at radius 1 is 1.23 bits per heavy atom. The Bertz CT molecular complexity index is 1090. The molecule has 31 heavy (non-hydrogen) atoms. The predicted octanol–water partition coefficient (Wildman–Crippen LogP) is 4.97. The van der Waals surface area contributed by atoms with E-state index in [0.717, 1.165) is 49.9 Å². The summed E-state index contributed by atoms with van der Waals surface area (Å²) in [7, 11) is 0. The summed E-state index contributed by atoms with van der Waals surface area (Å²) in [5.74, 6) is 1.31. The van der Waals surface area contributed by atoms with E-state index in [0.29, 0.717) is 28.2 Å². The summed E-state index contributed by atoms with van der Waals surface area (Å²) in [6.45, 7) is 3.53. The Morgan fingerprint density at radius 2 is 2.03 bits per heavy atom. The van der Waals surface area contributed by atoms with Gasteiger partial charge in [-0.05, 0) is 75.9 Å². The number of aromatic nitrogens is 4. The number of anilines is 3. The van der Waals surface area contributed by atoms with Crippen LogP contribution in [0.1, 0.15) is 50.6 Å². The van der Waals surface area contributed by atoms with Crippen molar-refractivity contribution in [3.05, 3.63) is 35.0 Å². The number of alkyl halides is 1. The second-order valence-electron chi connectivity index (χ2n) is 8.84. The minimum atomic E-state index is -0.570. The lowest BCUT2D eigenvalue weighted by Crippen LogP contribution is -2.42. The van der Waals surface area contributed by atoms with E-state index < -0.39 is 6.67 Å². The van der Waals surface area contributed by atoms with Crippen molar-refractivity contribution in [3.63, 3.8) is 0 Å². The van der Waals surface area contributed by atoms with Gasteiger partial charge in [0.1, 0.15) is 12.2 Å². The number of nitrogens with zero attached hydrogens (tertiary/aromatic N) is 4. The van der Waals surface area contributed by atoms with E-state index >= 15 is 0 Å². The van der Waals surface area contributed by atoms with Crippen molar-refractivity contribution in [2.24, 2.45) is 0 Å². The molecular formula is C22H27ClFN7. The molecular weight excluding hydrogens is 417 g/mol. The molecule has 1 saturated heterocycles. The van der Waals surface area contributed by atoms with E-state index in [1.54, 1.807) is 24.4 Å². The maximum Gasteiger partial charge on any atom is 0.225 e. The highest BCUT2D eigenvalue weighted by molar-refractivity contribution is 6.31. The fourth-order valence-electron chi connectivity index (χ4n) is 4.48. The summed E-state index contributed by atoms with van der Waals surface area (Å²) in [5, 5.41) is 10.8. The zero-order valence-corrected chi connectivity index (χ0v) is 18.3. The van der Waals surface area contributed by atoms with Gasteiger partial charge in [-0.25, -0.2) is 14.4 Å². The highest BCUT2D eigenvalue weighted by atomic mass is 35.5. The third-order valence-corrected chi connectivity index (χ3v) is 6.56. The van der Waals surface area contributed by atoms with Crippen LogP contribution >= 0.6 is 11.6 Å². The molecule has 3 aromatic rings. The van der Waals surface area contributed by atoms with Crippen LogP contribution in [0.15, 0.2) is 24.4 Å². The lowest BCUT2D eigenvalue weighted by molar-refractivity contribution is 0.305. The van der Waals surface area contributed by atoms with Crippen molar-refractivity contribution in [1.82, 2.24) is 24.8 Å². The number of hydrogen-bond acceptors (Lipinski definition) is 6. The first kappa shape index (κ1) is 20.5. The summed E-state index contributed by atoms with van der Waals surface area (Å²) in [4.78, 5) is 14.2. The quantitative estimate of drug-likeness (QED) is 0.499. The van der Waals surface area contributed by atoms with Crippen LogP contribution in [0.4, 0.5) is 22.0 Å². The largest absolute Gasteiger partial charge is 0.349 e. The molecule has 1 aliphatic carbocycles. The third kappa shape index (κ3) is 4.19. The van der Waals surface area contributed by atoms with E-state index in [1.807, 2.05) is 0 Å². The van der Waals surface area contributed by atoms with Crippen LogP contribution in [-0.2, 0) is 6.67 Å². The van der Waals surface area contributed by atoms with Gasteiger partial charge in [-0.15, -0.1) is 0 Å². The van der Waals surface area contributed by atoms with Gasteiger partial charge in [0, 0.05) is 22.3 Å². The van der Waals surface area contributed by atoms with Crippen LogP contribution in [0.5, 0.6) is 0 Å². The van der Waals surface area contributed by atoms with Crippen LogP contribution in [-0.4, -0.2) is 38.1 Å². The summed E-state index contributed by atoms with van der Waals surface area (Å²) in [6, 6.07) is 5.43. The SMILES string of the molecule is CC1(Nc2ncc3nc(Nc4cc(Cl)cc(CF)c4)n(C4CCNCC4)c3n2)CCC1. The number of hydrogen-bond donors (Lipinski definition) is 3.